The highest BCUT2D eigenvalue weighted by atomic mass is 32.1. The molecule has 194 valence electrons. The summed E-state index contributed by atoms with van der Waals surface area (Å²) in [5, 5.41) is 8.17. The first-order chi connectivity index (χ1) is 18.3. The van der Waals surface area contributed by atoms with Crippen molar-refractivity contribution in [3.63, 3.8) is 0 Å². The maximum absolute atomic E-state index is 13.0. The van der Waals surface area contributed by atoms with Crippen LogP contribution in [0.4, 0.5) is 19.0 Å². The number of hydrogen-bond donors (Lipinski definition) is 1. The van der Waals surface area contributed by atoms with Crippen molar-refractivity contribution in [1.29, 1.82) is 0 Å². The first-order valence-electron chi connectivity index (χ1n) is 12.1. The number of thiazole rings is 1. The van der Waals surface area contributed by atoms with E-state index in [2.05, 4.69) is 30.3 Å². The molecule has 0 unspecified atom stereocenters. The van der Waals surface area contributed by atoms with E-state index < -0.39 is 11.7 Å². The Morgan fingerprint density at radius 1 is 1.11 bits per heavy atom. The monoisotopic (exact) mass is 537 g/mol. The SMILES string of the molecule is O=C(NCc1ccc2scnc2c1)[C@H]1CCCN(c2ncnc3nn(-c4ccc(C(F)(F)F)cc4)cc23)C1. The van der Waals surface area contributed by atoms with Crippen LogP contribution in [0.15, 0.2) is 60.5 Å². The Morgan fingerprint density at radius 2 is 1.95 bits per heavy atom. The number of hydrogen-bond acceptors (Lipinski definition) is 7. The summed E-state index contributed by atoms with van der Waals surface area (Å²) in [5.41, 5.74) is 3.92. The molecular formula is C26H22F3N7OS. The molecule has 1 atom stereocenters. The zero-order chi connectivity index (χ0) is 26.3. The van der Waals surface area contributed by atoms with Crippen molar-refractivity contribution < 1.29 is 18.0 Å². The Kier molecular flexibility index (Phi) is 6.18. The van der Waals surface area contributed by atoms with Crippen LogP contribution in [0.2, 0.25) is 0 Å². The highest BCUT2D eigenvalue weighted by Crippen LogP contribution is 2.31. The number of rotatable bonds is 5. The van der Waals surface area contributed by atoms with Crippen LogP contribution in [0, 0.1) is 5.92 Å². The lowest BCUT2D eigenvalue weighted by Gasteiger charge is -2.33. The minimum absolute atomic E-state index is 0.0150. The maximum atomic E-state index is 13.0. The molecule has 0 radical (unpaired) electrons. The number of carbonyl (C=O) groups is 1. The molecule has 0 aliphatic carbocycles. The molecule has 3 aromatic heterocycles. The number of alkyl halides is 3. The molecule has 1 aliphatic heterocycles. The van der Waals surface area contributed by atoms with E-state index in [0.29, 0.717) is 35.6 Å². The van der Waals surface area contributed by atoms with Crippen molar-refractivity contribution >= 4 is 44.3 Å². The molecule has 12 heteroatoms. The molecule has 1 N–H and O–H groups in total. The van der Waals surface area contributed by atoms with Crippen molar-refractivity contribution in [2.75, 3.05) is 18.0 Å². The molecule has 1 fully saturated rings. The molecule has 2 aromatic carbocycles. The molecule has 4 heterocycles. The lowest BCUT2D eigenvalue weighted by molar-refractivity contribution is -0.137. The van der Waals surface area contributed by atoms with Gasteiger partial charge in [0.25, 0.3) is 0 Å². The predicted molar refractivity (Wildman–Crippen MR) is 138 cm³/mol. The second-order valence-electron chi connectivity index (χ2n) is 9.21. The van der Waals surface area contributed by atoms with Gasteiger partial charge in [-0.2, -0.15) is 13.2 Å². The molecule has 8 nitrogen and oxygen atoms in total. The first-order valence-corrected chi connectivity index (χ1v) is 13.0. The van der Waals surface area contributed by atoms with E-state index in [4.69, 9.17) is 0 Å². The number of nitrogens with zero attached hydrogens (tertiary/aromatic N) is 6. The fourth-order valence-electron chi connectivity index (χ4n) is 4.74. The van der Waals surface area contributed by atoms with E-state index >= 15 is 0 Å². The summed E-state index contributed by atoms with van der Waals surface area (Å²) in [5.74, 6) is 0.431. The van der Waals surface area contributed by atoms with Crippen LogP contribution in [-0.4, -0.2) is 43.7 Å². The molecule has 6 rings (SSSR count). The summed E-state index contributed by atoms with van der Waals surface area (Å²) < 4.78 is 41.4. The molecule has 38 heavy (non-hydrogen) atoms. The van der Waals surface area contributed by atoms with Crippen molar-refractivity contribution in [1.82, 2.24) is 30.0 Å². The average molecular weight is 538 g/mol. The second-order valence-corrected chi connectivity index (χ2v) is 10.1. The number of carbonyl (C=O) groups excluding carboxylic acids is 1. The second kappa shape index (κ2) is 9.67. The zero-order valence-electron chi connectivity index (χ0n) is 20.0. The van der Waals surface area contributed by atoms with Gasteiger partial charge in [-0.05, 0) is 54.8 Å². The van der Waals surface area contributed by atoms with Gasteiger partial charge in [-0.3, -0.25) is 4.79 Å². The third-order valence-electron chi connectivity index (χ3n) is 6.71. The average Bonchev–Trinajstić information content (AvgIpc) is 3.58. The molecule has 0 spiro atoms. The van der Waals surface area contributed by atoms with Gasteiger partial charge in [0, 0.05) is 25.8 Å². The largest absolute Gasteiger partial charge is 0.416 e. The van der Waals surface area contributed by atoms with Crippen LogP contribution in [0.25, 0.3) is 26.9 Å². The van der Waals surface area contributed by atoms with Gasteiger partial charge in [0.15, 0.2) is 5.65 Å². The van der Waals surface area contributed by atoms with Crippen molar-refractivity contribution in [3.8, 4) is 5.69 Å². The molecule has 1 amide bonds. The Morgan fingerprint density at radius 3 is 2.76 bits per heavy atom. The lowest BCUT2D eigenvalue weighted by Crippen LogP contribution is -2.43. The van der Waals surface area contributed by atoms with Crippen LogP contribution >= 0.6 is 11.3 Å². The predicted octanol–water partition coefficient (Wildman–Crippen LogP) is 4.98. The van der Waals surface area contributed by atoms with Crippen molar-refractivity contribution in [2.45, 2.75) is 25.6 Å². The van der Waals surface area contributed by atoms with Gasteiger partial charge in [-0.25, -0.2) is 19.6 Å². The summed E-state index contributed by atoms with van der Waals surface area (Å²) in [4.78, 5) is 28.1. The quantitative estimate of drug-likeness (QED) is 0.340. The zero-order valence-corrected chi connectivity index (χ0v) is 20.8. The molecule has 0 saturated carbocycles. The Hall–Kier alpha value is -4.06. The van der Waals surface area contributed by atoms with Gasteiger partial charge in [0.2, 0.25) is 5.91 Å². The number of benzene rings is 2. The first kappa shape index (κ1) is 24.3. The summed E-state index contributed by atoms with van der Waals surface area (Å²) in [6.45, 7) is 1.65. The van der Waals surface area contributed by atoms with Crippen LogP contribution in [0.3, 0.4) is 0 Å². The van der Waals surface area contributed by atoms with E-state index in [-0.39, 0.29) is 11.8 Å². The fraction of sp³-hybridized carbons (Fsp3) is 0.269. The Labute approximate surface area is 219 Å². The van der Waals surface area contributed by atoms with Gasteiger partial charge in [0.1, 0.15) is 12.1 Å². The highest BCUT2D eigenvalue weighted by Gasteiger charge is 2.30. The van der Waals surface area contributed by atoms with Gasteiger partial charge in [-0.1, -0.05) is 6.07 Å². The van der Waals surface area contributed by atoms with Crippen LogP contribution in [0.5, 0.6) is 0 Å². The molecule has 0 bridgehead atoms. The van der Waals surface area contributed by atoms with E-state index in [1.54, 1.807) is 23.0 Å². The van der Waals surface area contributed by atoms with Crippen molar-refractivity contribution in [3.05, 3.63) is 71.6 Å². The molecule has 5 aromatic rings. The molecule has 1 aliphatic rings. The van der Waals surface area contributed by atoms with E-state index in [1.807, 2.05) is 18.2 Å². The topological polar surface area (TPSA) is 88.8 Å². The smallest absolute Gasteiger partial charge is 0.355 e. The number of halogens is 3. The summed E-state index contributed by atoms with van der Waals surface area (Å²) in [6, 6.07) is 10.8. The summed E-state index contributed by atoms with van der Waals surface area (Å²) >= 11 is 1.58. The minimum Gasteiger partial charge on any atom is -0.355 e. The number of piperidine rings is 1. The van der Waals surface area contributed by atoms with Gasteiger partial charge in [-0.15, -0.1) is 16.4 Å². The van der Waals surface area contributed by atoms with Gasteiger partial charge < -0.3 is 10.2 Å². The Bertz CT molecular complexity index is 1610. The highest BCUT2D eigenvalue weighted by molar-refractivity contribution is 7.16. The number of amides is 1. The van der Waals surface area contributed by atoms with Crippen molar-refractivity contribution in [2.24, 2.45) is 5.92 Å². The third kappa shape index (κ3) is 4.78. The Balaban J connectivity index is 1.17. The number of anilines is 1. The fourth-order valence-corrected chi connectivity index (χ4v) is 5.40. The van der Waals surface area contributed by atoms with Crippen LogP contribution in [-0.2, 0) is 17.5 Å². The maximum Gasteiger partial charge on any atom is 0.416 e. The number of nitrogens with one attached hydrogen (secondary N) is 1. The number of fused-ring (bicyclic) bond motifs is 2. The lowest BCUT2D eigenvalue weighted by atomic mass is 9.97. The summed E-state index contributed by atoms with van der Waals surface area (Å²) in [6.07, 6.45) is 0.317. The molecular weight excluding hydrogens is 515 g/mol. The van der Waals surface area contributed by atoms with E-state index in [9.17, 15) is 18.0 Å². The molecule has 1 saturated heterocycles. The standard InChI is InChI=1S/C26H22F3N7OS/c27-26(28,29)18-4-6-19(7-5-18)36-13-20-23(34-36)31-14-32-24(20)35-9-1-2-17(12-35)25(37)30-11-16-3-8-22-21(10-16)33-15-38-22/h3-8,10,13-15,17H,1-2,9,11-12H2,(H,30,37)/t17-/m0/s1. The van der Waals surface area contributed by atoms with Crippen LogP contribution in [0.1, 0.15) is 24.0 Å². The van der Waals surface area contributed by atoms with Crippen LogP contribution < -0.4 is 10.2 Å². The van der Waals surface area contributed by atoms with E-state index in [0.717, 1.165) is 47.3 Å². The third-order valence-corrected chi connectivity index (χ3v) is 7.52. The number of aromatic nitrogens is 5. The van der Waals surface area contributed by atoms with E-state index in [1.165, 1.54) is 23.1 Å². The minimum atomic E-state index is -4.40. The van der Waals surface area contributed by atoms with Gasteiger partial charge in [0.05, 0.1) is 38.3 Å². The summed E-state index contributed by atoms with van der Waals surface area (Å²) in [7, 11) is 0. The normalized spacial score (nSPS) is 16.3. The van der Waals surface area contributed by atoms with Gasteiger partial charge >= 0.3 is 6.18 Å².